The van der Waals surface area contributed by atoms with E-state index in [0.29, 0.717) is 11.4 Å². The number of amides is 1. The van der Waals surface area contributed by atoms with Crippen molar-refractivity contribution in [2.75, 3.05) is 5.32 Å². The maximum Gasteiger partial charge on any atom is 0.256 e. The summed E-state index contributed by atoms with van der Waals surface area (Å²) < 4.78 is 0. The van der Waals surface area contributed by atoms with Crippen molar-refractivity contribution in [1.29, 1.82) is 0 Å². The Labute approximate surface area is 113 Å². The summed E-state index contributed by atoms with van der Waals surface area (Å²) in [5.74, 6) is 0.445. The molecule has 3 heteroatoms. The summed E-state index contributed by atoms with van der Waals surface area (Å²) in [6.45, 7) is 6.29. The molecule has 1 heterocycles. The fourth-order valence-corrected chi connectivity index (χ4v) is 1.70. The molecule has 2 rings (SSSR count). The maximum atomic E-state index is 12.0. The van der Waals surface area contributed by atoms with E-state index in [0.717, 1.165) is 5.69 Å². The number of hydrogen-bond donors (Lipinski definition) is 1. The smallest absolute Gasteiger partial charge is 0.256 e. The zero-order valence-corrected chi connectivity index (χ0v) is 11.5. The molecule has 0 bridgehead atoms. The highest BCUT2D eigenvalue weighted by Crippen LogP contribution is 2.21. The summed E-state index contributed by atoms with van der Waals surface area (Å²) in [5.41, 5.74) is 1.55. The summed E-state index contributed by atoms with van der Waals surface area (Å²) in [7, 11) is 0. The Morgan fingerprint density at radius 3 is 2.32 bits per heavy atom. The van der Waals surface area contributed by atoms with E-state index in [1.165, 1.54) is 0 Å². The Morgan fingerprint density at radius 1 is 1.00 bits per heavy atom. The molecule has 0 radical (unpaired) electrons. The number of anilines is 1. The van der Waals surface area contributed by atoms with E-state index in [9.17, 15) is 4.79 Å². The van der Waals surface area contributed by atoms with Gasteiger partial charge in [0.15, 0.2) is 0 Å². The molecule has 1 N–H and O–H groups in total. The van der Waals surface area contributed by atoms with E-state index >= 15 is 0 Å². The lowest BCUT2D eigenvalue weighted by atomic mass is 9.92. The first-order chi connectivity index (χ1) is 8.97. The van der Waals surface area contributed by atoms with Crippen LogP contribution in [0.3, 0.4) is 0 Å². The molecule has 0 aliphatic carbocycles. The minimum atomic E-state index is -0.140. The fourth-order valence-electron chi connectivity index (χ4n) is 1.70. The second-order valence-electron chi connectivity index (χ2n) is 5.48. The van der Waals surface area contributed by atoms with Crippen LogP contribution in [-0.4, -0.2) is 10.9 Å². The molecule has 0 saturated heterocycles. The first kappa shape index (κ1) is 13.3. The van der Waals surface area contributed by atoms with Gasteiger partial charge in [0.25, 0.3) is 5.91 Å². The van der Waals surface area contributed by atoms with Gasteiger partial charge in [-0.15, -0.1) is 0 Å². The predicted octanol–water partition coefficient (Wildman–Crippen LogP) is 3.63. The third kappa shape index (κ3) is 3.41. The van der Waals surface area contributed by atoms with Crippen LogP contribution in [0.5, 0.6) is 0 Å². The predicted molar refractivity (Wildman–Crippen MR) is 77.3 cm³/mol. The number of benzene rings is 1. The highest BCUT2D eigenvalue weighted by atomic mass is 16.1. The highest BCUT2D eigenvalue weighted by Gasteiger charge is 2.16. The minimum absolute atomic E-state index is 0.0342. The quantitative estimate of drug-likeness (QED) is 0.889. The number of nitrogens with one attached hydrogen (secondary N) is 1. The second-order valence-corrected chi connectivity index (χ2v) is 5.48. The summed E-state index contributed by atoms with van der Waals surface area (Å²) in [6, 6.07) is 14.8. The molecule has 0 unspecified atom stereocenters. The zero-order chi connectivity index (χ0) is 13.9. The average molecular weight is 254 g/mol. The monoisotopic (exact) mass is 254 g/mol. The Morgan fingerprint density at radius 2 is 1.68 bits per heavy atom. The normalized spacial score (nSPS) is 11.1. The first-order valence-electron chi connectivity index (χ1n) is 6.31. The number of aromatic nitrogens is 1. The number of nitrogens with zero attached hydrogens (tertiary/aromatic N) is 1. The van der Waals surface area contributed by atoms with Gasteiger partial charge in [0, 0.05) is 16.7 Å². The van der Waals surface area contributed by atoms with Crippen LogP contribution in [0.25, 0.3) is 0 Å². The molecular formula is C16H18N2O. The third-order valence-corrected chi connectivity index (χ3v) is 2.80. The summed E-state index contributed by atoms with van der Waals surface area (Å²) in [6.07, 6.45) is 0. The van der Waals surface area contributed by atoms with E-state index in [-0.39, 0.29) is 11.3 Å². The van der Waals surface area contributed by atoms with Crippen LogP contribution in [0.1, 0.15) is 36.8 Å². The molecule has 1 aromatic carbocycles. The van der Waals surface area contributed by atoms with Gasteiger partial charge in [-0.1, -0.05) is 45.0 Å². The van der Waals surface area contributed by atoms with Crippen molar-refractivity contribution in [2.24, 2.45) is 0 Å². The van der Waals surface area contributed by atoms with Gasteiger partial charge in [0.2, 0.25) is 0 Å². The van der Waals surface area contributed by atoms with Crippen molar-refractivity contribution < 1.29 is 4.79 Å². The lowest BCUT2D eigenvalue weighted by Gasteiger charge is -2.18. The first-order valence-corrected chi connectivity index (χ1v) is 6.31. The summed E-state index contributed by atoms with van der Waals surface area (Å²) in [4.78, 5) is 16.5. The standard InChI is InChI=1S/C16H18N2O/c1-16(2,3)13-10-7-11-14(17-13)18-15(19)12-8-5-4-6-9-12/h4-11H,1-3H3,(H,17,18,19). The molecule has 1 amide bonds. The topological polar surface area (TPSA) is 42.0 Å². The molecule has 0 spiro atoms. The molecule has 0 fully saturated rings. The van der Waals surface area contributed by atoms with Gasteiger partial charge in [0.05, 0.1) is 0 Å². The van der Waals surface area contributed by atoms with E-state index in [2.05, 4.69) is 31.1 Å². The van der Waals surface area contributed by atoms with E-state index in [4.69, 9.17) is 0 Å². The Hall–Kier alpha value is -2.16. The number of carbonyl (C=O) groups is 1. The molecule has 1 aromatic heterocycles. The molecule has 98 valence electrons. The van der Waals surface area contributed by atoms with E-state index in [1.54, 1.807) is 18.2 Å². The van der Waals surface area contributed by atoms with Crippen LogP contribution in [0.4, 0.5) is 5.82 Å². The van der Waals surface area contributed by atoms with Gasteiger partial charge >= 0.3 is 0 Å². The van der Waals surface area contributed by atoms with Crippen LogP contribution in [0, 0.1) is 0 Å². The Balaban J connectivity index is 2.18. The van der Waals surface area contributed by atoms with Crippen molar-refractivity contribution in [3.63, 3.8) is 0 Å². The largest absolute Gasteiger partial charge is 0.307 e. The van der Waals surface area contributed by atoms with Crippen LogP contribution in [-0.2, 0) is 5.41 Å². The fraction of sp³-hybridized carbons (Fsp3) is 0.250. The lowest BCUT2D eigenvalue weighted by Crippen LogP contribution is -2.17. The van der Waals surface area contributed by atoms with E-state index < -0.39 is 0 Å². The van der Waals surface area contributed by atoms with Crippen LogP contribution in [0.15, 0.2) is 48.5 Å². The molecule has 0 saturated carbocycles. The Kier molecular flexibility index (Phi) is 3.65. The van der Waals surface area contributed by atoms with Crippen molar-refractivity contribution in [3.05, 3.63) is 59.8 Å². The van der Waals surface area contributed by atoms with E-state index in [1.807, 2.05) is 30.3 Å². The Bertz CT molecular complexity index is 571. The lowest BCUT2D eigenvalue weighted by molar-refractivity contribution is 0.102. The number of rotatable bonds is 2. The molecule has 19 heavy (non-hydrogen) atoms. The zero-order valence-electron chi connectivity index (χ0n) is 11.5. The SMILES string of the molecule is CC(C)(C)c1cccc(NC(=O)c2ccccc2)n1. The summed E-state index contributed by atoms with van der Waals surface area (Å²) in [5, 5.41) is 2.82. The molecule has 0 aliphatic rings. The van der Waals surface area contributed by atoms with Crippen LogP contribution in [0.2, 0.25) is 0 Å². The molecule has 3 nitrogen and oxygen atoms in total. The van der Waals surface area contributed by atoms with Gasteiger partial charge in [0.1, 0.15) is 5.82 Å². The molecular weight excluding hydrogens is 236 g/mol. The van der Waals surface area contributed by atoms with Gasteiger partial charge in [-0.3, -0.25) is 4.79 Å². The van der Waals surface area contributed by atoms with Crippen molar-refractivity contribution in [1.82, 2.24) is 4.98 Å². The molecule has 0 atom stereocenters. The van der Waals surface area contributed by atoms with Gasteiger partial charge < -0.3 is 5.32 Å². The van der Waals surface area contributed by atoms with Crippen LogP contribution >= 0.6 is 0 Å². The second kappa shape index (κ2) is 5.22. The van der Waals surface area contributed by atoms with Crippen LogP contribution < -0.4 is 5.32 Å². The van der Waals surface area contributed by atoms with Crippen molar-refractivity contribution in [2.45, 2.75) is 26.2 Å². The number of hydrogen-bond acceptors (Lipinski definition) is 2. The van der Waals surface area contributed by atoms with Crippen molar-refractivity contribution >= 4 is 11.7 Å². The third-order valence-electron chi connectivity index (χ3n) is 2.80. The molecule has 0 aliphatic heterocycles. The number of pyridine rings is 1. The van der Waals surface area contributed by atoms with Gasteiger partial charge in [-0.25, -0.2) is 4.98 Å². The average Bonchev–Trinajstić information content (AvgIpc) is 2.39. The van der Waals surface area contributed by atoms with Gasteiger partial charge in [-0.2, -0.15) is 0 Å². The summed E-state index contributed by atoms with van der Waals surface area (Å²) >= 11 is 0. The number of carbonyl (C=O) groups excluding carboxylic acids is 1. The maximum absolute atomic E-state index is 12.0. The van der Waals surface area contributed by atoms with Gasteiger partial charge in [-0.05, 0) is 24.3 Å². The molecule has 2 aromatic rings. The van der Waals surface area contributed by atoms with Crippen molar-refractivity contribution in [3.8, 4) is 0 Å². The minimum Gasteiger partial charge on any atom is -0.307 e. The highest BCUT2D eigenvalue weighted by molar-refractivity contribution is 6.03.